The van der Waals surface area contributed by atoms with Crippen LogP contribution in [-0.4, -0.2) is 46.1 Å². The highest BCUT2D eigenvalue weighted by Crippen LogP contribution is 2.31. The SMILES string of the molecule is Cn1c(C(F)(F)F)nn(C2CCN(S(=O)(=O)c3ccc4c(c3)CCC(=O)N4)CC2)c1=O. The van der Waals surface area contributed by atoms with Crippen LogP contribution in [0.25, 0.3) is 0 Å². The molecule has 0 unspecified atom stereocenters. The number of sulfonamides is 1. The van der Waals surface area contributed by atoms with Gasteiger partial charge in [-0.25, -0.2) is 17.9 Å². The third-order valence-corrected chi connectivity index (χ3v) is 7.53. The fourth-order valence-electron chi connectivity index (χ4n) is 3.94. The first kappa shape index (κ1) is 21.6. The van der Waals surface area contributed by atoms with Crippen LogP contribution in [-0.2, 0) is 34.5 Å². The number of nitrogens with one attached hydrogen (secondary N) is 1. The molecule has 1 saturated heterocycles. The molecule has 1 aromatic heterocycles. The van der Waals surface area contributed by atoms with E-state index in [2.05, 4.69) is 10.4 Å². The molecule has 1 N–H and O–H groups in total. The number of hydrogen-bond acceptors (Lipinski definition) is 5. The van der Waals surface area contributed by atoms with Crippen LogP contribution < -0.4 is 11.0 Å². The van der Waals surface area contributed by atoms with Gasteiger partial charge in [-0.05, 0) is 43.0 Å². The Bertz CT molecular complexity index is 1190. The van der Waals surface area contributed by atoms with Gasteiger partial charge in [-0.1, -0.05) is 0 Å². The van der Waals surface area contributed by atoms with Gasteiger partial charge in [-0.2, -0.15) is 17.5 Å². The number of carbonyl (C=O) groups excluding carboxylic acids is 1. The van der Waals surface area contributed by atoms with E-state index in [0.717, 1.165) is 17.3 Å². The minimum absolute atomic E-state index is 0.0468. The second-order valence-corrected chi connectivity index (χ2v) is 9.55. The molecule has 2 aliphatic heterocycles. The number of piperidine rings is 1. The molecule has 0 radical (unpaired) electrons. The lowest BCUT2D eigenvalue weighted by Gasteiger charge is -2.31. The maximum absolute atomic E-state index is 13.0. The van der Waals surface area contributed by atoms with E-state index in [0.29, 0.717) is 16.7 Å². The minimum Gasteiger partial charge on any atom is -0.326 e. The lowest BCUT2D eigenvalue weighted by molar-refractivity contribution is -0.147. The van der Waals surface area contributed by atoms with Crippen molar-refractivity contribution in [3.63, 3.8) is 0 Å². The van der Waals surface area contributed by atoms with Gasteiger partial charge in [-0.15, -0.1) is 5.10 Å². The van der Waals surface area contributed by atoms with Crippen LogP contribution in [0.3, 0.4) is 0 Å². The predicted octanol–water partition coefficient (Wildman–Crippen LogP) is 1.51. The smallest absolute Gasteiger partial charge is 0.326 e. The summed E-state index contributed by atoms with van der Waals surface area (Å²) in [4.78, 5) is 23.8. The molecule has 1 amide bonds. The van der Waals surface area contributed by atoms with E-state index in [9.17, 15) is 31.2 Å². The number of fused-ring (bicyclic) bond motifs is 1. The quantitative estimate of drug-likeness (QED) is 0.749. The summed E-state index contributed by atoms with van der Waals surface area (Å²) < 4.78 is 67.6. The molecular formula is C18H20F3N5O4S. The zero-order valence-electron chi connectivity index (χ0n) is 16.5. The van der Waals surface area contributed by atoms with Crippen LogP contribution in [0.2, 0.25) is 0 Å². The van der Waals surface area contributed by atoms with Gasteiger partial charge in [0.25, 0.3) is 0 Å². The van der Waals surface area contributed by atoms with Gasteiger partial charge in [0.15, 0.2) is 0 Å². The maximum atomic E-state index is 13.0. The summed E-state index contributed by atoms with van der Waals surface area (Å²) in [6.07, 6.45) is -3.71. The monoisotopic (exact) mass is 459 g/mol. The molecule has 2 aliphatic rings. The van der Waals surface area contributed by atoms with E-state index < -0.39 is 33.8 Å². The zero-order chi connectivity index (χ0) is 22.6. The normalized spacial score (nSPS) is 18.6. The molecule has 3 heterocycles. The van der Waals surface area contributed by atoms with Crippen LogP contribution in [0, 0.1) is 0 Å². The van der Waals surface area contributed by atoms with Crippen molar-refractivity contribution in [2.45, 2.75) is 42.8 Å². The molecule has 168 valence electrons. The van der Waals surface area contributed by atoms with Crippen molar-refractivity contribution >= 4 is 21.6 Å². The fourth-order valence-corrected chi connectivity index (χ4v) is 5.46. The first-order valence-electron chi connectivity index (χ1n) is 9.64. The van der Waals surface area contributed by atoms with Gasteiger partial charge in [0, 0.05) is 32.2 Å². The van der Waals surface area contributed by atoms with Gasteiger partial charge in [0.2, 0.25) is 21.8 Å². The number of nitrogens with zero attached hydrogens (tertiary/aromatic N) is 4. The summed E-state index contributed by atoms with van der Waals surface area (Å²) in [5, 5.41) is 6.14. The van der Waals surface area contributed by atoms with Crippen LogP contribution >= 0.6 is 0 Å². The van der Waals surface area contributed by atoms with Gasteiger partial charge >= 0.3 is 11.9 Å². The van der Waals surface area contributed by atoms with Crippen molar-refractivity contribution in [2.75, 3.05) is 18.4 Å². The Morgan fingerprint density at radius 3 is 2.42 bits per heavy atom. The Balaban J connectivity index is 1.51. The Labute approximate surface area is 175 Å². The van der Waals surface area contributed by atoms with Crippen LogP contribution in [0.4, 0.5) is 18.9 Å². The standard InChI is InChI=1S/C18H20F3N5O4S/c1-24-16(18(19,20)21)23-26(17(24)28)12-6-8-25(9-7-12)31(29,30)13-3-4-14-11(10-13)2-5-15(27)22-14/h3-4,10,12H,2,5-9H2,1H3,(H,22,27). The van der Waals surface area contributed by atoms with Gasteiger partial charge in [-0.3, -0.25) is 9.36 Å². The Morgan fingerprint density at radius 2 is 1.81 bits per heavy atom. The second-order valence-electron chi connectivity index (χ2n) is 7.61. The number of rotatable bonds is 3. The summed E-state index contributed by atoms with van der Waals surface area (Å²) in [5.74, 6) is -1.41. The first-order chi connectivity index (χ1) is 14.5. The molecule has 4 rings (SSSR count). The number of amides is 1. The van der Waals surface area contributed by atoms with Crippen LogP contribution in [0.1, 0.15) is 36.7 Å². The molecule has 0 aliphatic carbocycles. The molecular weight excluding hydrogens is 439 g/mol. The summed E-state index contributed by atoms with van der Waals surface area (Å²) in [6, 6.07) is 3.89. The van der Waals surface area contributed by atoms with Crippen molar-refractivity contribution in [1.29, 1.82) is 0 Å². The molecule has 31 heavy (non-hydrogen) atoms. The molecule has 0 spiro atoms. The van der Waals surface area contributed by atoms with Crippen molar-refractivity contribution in [3.8, 4) is 0 Å². The Hall–Kier alpha value is -2.67. The van der Waals surface area contributed by atoms with E-state index in [-0.39, 0.29) is 43.2 Å². The van der Waals surface area contributed by atoms with Crippen LogP contribution in [0.15, 0.2) is 27.9 Å². The second kappa shape index (κ2) is 7.48. The third kappa shape index (κ3) is 3.87. The van der Waals surface area contributed by atoms with Gasteiger partial charge < -0.3 is 5.32 Å². The van der Waals surface area contributed by atoms with E-state index in [1.165, 1.54) is 16.4 Å². The van der Waals surface area contributed by atoms with Crippen molar-refractivity contribution in [3.05, 3.63) is 40.1 Å². The highest BCUT2D eigenvalue weighted by molar-refractivity contribution is 7.89. The van der Waals surface area contributed by atoms with Crippen LogP contribution in [0.5, 0.6) is 0 Å². The van der Waals surface area contributed by atoms with E-state index in [4.69, 9.17) is 0 Å². The van der Waals surface area contributed by atoms with E-state index in [1.807, 2.05) is 0 Å². The average Bonchev–Trinajstić information content (AvgIpc) is 3.02. The summed E-state index contributed by atoms with van der Waals surface area (Å²) in [7, 11) is -2.82. The summed E-state index contributed by atoms with van der Waals surface area (Å²) in [6.45, 7) is 0.0936. The van der Waals surface area contributed by atoms with Crippen molar-refractivity contribution in [2.24, 2.45) is 7.05 Å². The number of anilines is 1. The number of benzene rings is 1. The highest BCUT2D eigenvalue weighted by Gasteiger charge is 2.39. The van der Waals surface area contributed by atoms with Gasteiger partial charge in [0.05, 0.1) is 10.9 Å². The minimum atomic E-state index is -4.75. The Kier molecular flexibility index (Phi) is 5.20. The lowest BCUT2D eigenvalue weighted by Crippen LogP contribution is -2.41. The average molecular weight is 459 g/mol. The summed E-state index contributed by atoms with van der Waals surface area (Å²) in [5.41, 5.74) is 0.435. The maximum Gasteiger partial charge on any atom is 0.451 e. The topological polar surface area (TPSA) is 106 Å². The molecule has 0 saturated carbocycles. The fraction of sp³-hybridized carbons (Fsp3) is 0.500. The number of carbonyl (C=O) groups is 1. The number of aromatic nitrogens is 3. The molecule has 0 bridgehead atoms. The van der Waals surface area contributed by atoms with Crippen molar-refractivity contribution in [1.82, 2.24) is 18.7 Å². The zero-order valence-corrected chi connectivity index (χ0v) is 17.3. The number of aryl methyl sites for hydroxylation is 1. The molecule has 13 heteroatoms. The highest BCUT2D eigenvalue weighted by atomic mass is 32.2. The van der Waals surface area contributed by atoms with E-state index in [1.54, 1.807) is 6.07 Å². The van der Waals surface area contributed by atoms with Gasteiger partial charge in [0.1, 0.15) is 0 Å². The number of alkyl halides is 3. The molecule has 9 nitrogen and oxygen atoms in total. The lowest BCUT2D eigenvalue weighted by atomic mass is 10.0. The largest absolute Gasteiger partial charge is 0.451 e. The number of hydrogen-bond donors (Lipinski definition) is 1. The van der Waals surface area contributed by atoms with Crippen molar-refractivity contribution < 1.29 is 26.4 Å². The predicted molar refractivity (Wildman–Crippen MR) is 103 cm³/mol. The Morgan fingerprint density at radius 1 is 1.13 bits per heavy atom. The third-order valence-electron chi connectivity index (χ3n) is 5.64. The molecule has 1 aromatic carbocycles. The van der Waals surface area contributed by atoms with E-state index >= 15 is 0 Å². The molecule has 2 aromatic rings. The first-order valence-corrected chi connectivity index (χ1v) is 11.1. The summed E-state index contributed by atoms with van der Waals surface area (Å²) >= 11 is 0. The number of halogens is 3. The molecule has 1 fully saturated rings. The molecule has 0 atom stereocenters.